The van der Waals surface area contributed by atoms with E-state index in [9.17, 15) is 4.79 Å². The molecule has 2 aromatic carbocycles. The highest BCUT2D eigenvalue weighted by atomic mass is 35.5. The highest BCUT2D eigenvalue weighted by molar-refractivity contribution is 7.13. The Morgan fingerprint density at radius 2 is 1.81 bits per heavy atom. The molecule has 1 aliphatic rings. The van der Waals surface area contributed by atoms with Crippen LogP contribution in [0.25, 0.3) is 0 Å². The predicted molar refractivity (Wildman–Crippen MR) is 150 cm³/mol. The average molecular weight is 540 g/mol. The Bertz CT molecular complexity index is 1190. The van der Waals surface area contributed by atoms with Crippen molar-refractivity contribution < 1.29 is 19.4 Å². The number of halogens is 1. The quantitative estimate of drug-likeness (QED) is 0.253. The zero-order valence-electron chi connectivity index (χ0n) is 21.3. The Morgan fingerprint density at radius 1 is 1.08 bits per heavy atom. The average Bonchev–Trinajstić information content (AvgIpc) is 3.53. The molecular formula is C30H34ClNO4S. The van der Waals surface area contributed by atoms with E-state index in [2.05, 4.69) is 73.8 Å². The molecule has 1 aromatic heterocycles. The van der Waals surface area contributed by atoms with Crippen LogP contribution in [-0.4, -0.2) is 37.4 Å². The number of thiophene rings is 1. The third-order valence-electron chi connectivity index (χ3n) is 6.93. The second-order valence-electron chi connectivity index (χ2n) is 9.78. The molecule has 7 heteroatoms. The number of allylic oxidation sites excluding steroid dienone is 1. The van der Waals surface area contributed by atoms with Crippen molar-refractivity contribution in [3.63, 3.8) is 0 Å². The van der Waals surface area contributed by atoms with Crippen molar-refractivity contribution in [1.82, 2.24) is 0 Å². The highest BCUT2D eigenvalue weighted by Gasteiger charge is 2.29. The molecule has 0 radical (unpaired) electrons. The molecule has 0 unspecified atom stereocenters. The minimum absolute atomic E-state index is 0.00322. The van der Waals surface area contributed by atoms with E-state index < -0.39 is 5.97 Å². The number of hydrogen-bond acceptors (Lipinski definition) is 6. The molecule has 0 saturated heterocycles. The predicted octanol–water partition coefficient (Wildman–Crippen LogP) is 6.61. The molecule has 4 rings (SSSR count). The topological polar surface area (TPSA) is 67.8 Å². The molecular weight excluding hydrogens is 506 g/mol. The molecule has 37 heavy (non-hydrogen) atoms. The van der Waals surface area contributed by atoms with Gasteiger partial charge in [-0.15, -0.1) is 11.3 Å². The smallest absolute Gasteiger partial charge is 0.348 e. The van der Waals surface area contributed by atoms with Gasteiger partial charge in [-0.05, 0) is 47.7 Å². The first-order valence-electron chi connectivity index (χ1n) is 12.6. The molecule has 0 spiro atoms. The minimum atomic E-state index is -0.417. The molecule has 196 valence electrons. The number of ether oxygens (including phenoxy) is 2. The number of nitrogens with one attached hydrogen (secondary N) is 1. The van der Waals surface area contributed by atoms with Crippen LogP contribution in [0.2, 0.25) is 0 Å². The summed E-state index contributed by atoms with van der Waals surface area (Å²) >= 11 is 7.92. The fraction of sp³-hybridized carbons (Fsp3) is 0.367. The van der Waals surface area contributed by atoms with Crippen molar-refractivity contribution >= 4 is 34.6 Å². The first-order chi connectivity index (χ1) is 17.9. The summed E-state index contributed by atoms with van der Waals surface area (Å²) in [5.74, 6) is 0.0690. The van der Waals surface area contributed by atoms with Crippen LogP contribution in [-0.2, 0) is 21.5 Å². The Hall–Kier alpha value is -2.64. The Balaban J connectivity index is 1.27. The van der Waals surface area contributed by atoms with Gasteiger partial charge in [0.25, 0.3) is 0 Å². The molecule has 1 aliphatic carbocycles. The van der Waals surface area contributed by atoms with Gasteiger partial charge in [-0.3, -0.25) is 0 Å². The van der Waals surface area contributed by atoms with E-state index in [1.165, 1.54) is 22.5 Å². The molecule has 2 atom stereocenters. The van der Waals surface area contributed by atoms with Crippen LogP contribution in [0.15, 0.2) is 77.8 Å². The van der Waals surface area contributed by atoms with Crippen LogP contribution in [0.4, 0.5) is 5.69 Å². The lowest BCUT2D eigenvalue weighted by molar-refractivity contribution is 0.0439. The summed E-state index contributed by atoms with van der Waals surface area (Å²) < 4.78 is 11.0. The van der Waals surface area contributed by atoms with E-state index in [0.29, 0.717) is 24.0 Å². The Labute approximate surface area is 228 Å². The summed E-state index contributed by atoms with van der Waals surface area (Å²) in [6.45, 7) is 6.08. The van der Waals surface area contributed by atoms with Crippen LogP contribution in [0.3, 0.4) is 0 Å². The fourth-order valence-corrected chi connectivity index (χ4v) is 5.78. The number of carbonyl (C=O) groups is 1. The summed E-state index contributed by atoms with van der Waals surface area (Å²) in [5.41, 5.74) is 3.57. The third-order valence-corrected chi connectivity index (χ3v) is 8.40. The zero-order chi connectivity index (χ0) is 26.3. The van der Waals surface area contributed by atoms with E-state index in [1.807, 2.05) is 12.1 Å². The third kappa shape index (κ3) is 7.02. The van der Waals surface area contributed by atoms with Crippen LogP contribution in [0, 0.1) is 11.8 Å². The maximum Gasteiger partial charge on any atom is 0.348 e. The second kappa shape index (κ2) is 12.7. The number of anilines is 1. The van der Waals surface area contributed by atoms with Gasteiger partial charge in [0, 0.05) is 33.5 Å². The molecule has 0 saturated carbocycles. The first-order valence-corrected chi connectivity index (χ1v) is 13.8. The summed E-state index contributed by atoms with van der Waals surface area (Å²) in [4.78, 5) is 13.4. The number of hydrogen-bond donors (Lipinski definition) is 2. The van der Waals surface area contributed by atoms with Crippen molar-refractivity contribution in [3.05, 3.63) is 98.7 Å². The van der Waals surface area contributed by atoms with E-state index in [-0.39, 0.29) is 24.5 Å². The molecule has 2 N–H and O–H groups in total. The van der Waals surface area contributed by atoms with Crippen molar-refractivity contribution in [2.45, 2.75) is 32.3 Å². The van der Waals surface area contributed by atoms with E-state index >= 15 is 0 Å². The van der Waals surface area contributed by atoms with Gasteiger partial charge >= 0.3 is 5.97 Å². The van der Waals surface area contributed by atoms with Gasteiger partial charge in [0.05, 0.1) is 19.8 Å². The lowest BCUT2D eigenvalue weighted by atomic mass is 9.78. The van der Waals surface area contributed by atoms with Crippen molar-refractivity contribution in [2.75, 3.05) is 31.7 Å². The molecule has 0 amide bonds. The van der Waals surface area contributed by atoms with Crippen LogP contribution < -0.4 is 5.32 Å². The van der Waals surface area contributed by atoms with Crippen molar-refractivity contribution in [1.29, 1.82) is 0 Å². The van der Waals surface area contributed by atoms with Crippen molar-refractivity contribution in [2.24, 2.45) is 11.8 Å². The number of esters is 1. The molecule has 5 nitrogen and oxygen atoms in total. The zero-order valence-corrected chi connectivity index (χ0v) is 22.9. The lowest BCUT2D eigenvalue weighted by Crippen LogP contribution is -2.23. The first kappa shape index (κ1) is 27.4. The molecule has 3 aromatic rings. The van der Waals surface area contributed by atoms with Crippen LogP contribution in [0.1, 0.15) is 45.9 Å². The highest BCUT2D eigenvalue weighted by Crippen LogP contribution is 2.36. The number of benzene rings is 2. The molecule has 0 aliphatic heterocycles. The van der Waals surface area contributed by atoms with Crippen LogP contribution in [0.5, 0.6) is 0 Å². The monoisotopic (exact) mass is 539 g/mol. The number of carbonyl (C=O) groups excluding carboxylic acids is 1. The molecule has 0 fully saturated rings. The normalized spacial score (nSPS) is 17.5. The molecule has 0 bridgehead atoms. The Kier molecular flexibility index (Phi) is 9.43. The number of aliphatic hydroxyl groups excluding tert-OH is 1. The SMILES string of the molecule is CC(C)(c1ccccc1)c1ccc(NC[C@H]2C(Cl)=CC[C@@H]2COCc2ccc(C(=O)OCCO)s2)cc1. The lowest BCUT2D eigenvalue weighted by Gasteiger charge is -2.26. The number of rotatable bonds is 12. The summed E-state index contributed by atoms with van der Waals surface area (Å²) in [5, 5.41) is 13.2. The summed E-state index contributed by atoms with van der Waals surface area (Å²) in [7, 11) is 0. The van der Waals surface area contributed by atoms with E-state index in [4.69, 9.17) is 26.2 Å². The largest absolute Gasteiger partial charge is 0.459 e. The van der Waals surface area contributed by atoms with Gasteiger partial charge in [-0.1, -0.05) is 74.0 Å². The molecule has 1 heterocycles. The van der Waals surface area contributed by atoms with Gasteiger partial charge in [0.2, 0.25) is 0 Å². The maximum absolute atomic E-state index is 11.9. The van der Waals surface area contributed by atoms with Gasteiger partial charge in [0.15, 0.2) is 0 Å². The summed E-state index contributed by atoms with van der Waals surface area (Å²) in [6.07, 6.45) is 2.98. The van der Waals surface area contributed by atoms with Gasteiger partial charge in [0.1, 0.15) is 11.5 Å². The Morgan fingerprint density at radius 3 is 2.54 bits per heavy atom. The number of aliphatic hydroxyl groups is 1. The van der Waals surface area contributed by atoms with E-state index in [0.717, 1.165) is 28.6 Å². The second-order valence-corrected chi connectivity index (χ2v) is 11.4. The fourth-order valence-electron chi connectivity index (χ4n) is 4.59. The van der Waals surface area contributed by atoms with Gasteiger partial charge in [-0.25, -0.2) is 4.79 Å². The van der Waals surface area contributed by atoms with E-state index in [1.54, 1.807) is 6.07 Å². The van der Waals surface area contributed by atoms with Crippen LogP contribution >= 0.6 is 22.9 Å². The van der Waals surface area contributed by atoms with Gasteiger partial charge < -0.3 is 19.9 Å². The van der Waals surface area contributed by atoms with Crippen molar-refractivity contribution in [3.8, 4) is 0 Å². The van der Waals surface area contributed by atoms with Gasteiger partial charge in [-0.2, -0.15) is 0 Å². The standard InChI is InChI=1S/C30H34ClNO4S/c1-30(2,22-6-4-3-5-7-22)23-9-11-24(12-10-23)32-18-26-21(8-14-27(26)31)19-35-20-25-13-15-28(37-25)29(34)36-17-16-33/h3-7,9-15,21,26,32-33H,8,16-20H2,1-2H3/t21-,26-/m1/s1. The minimum Gasteiger partial charge on any atom is -0.459 e. The summed E-state index contributed by atoms with van der Waals surface area (Å²) in [6, 6.07) is 22.8. The maximum atomic E-state index is 11.9.